The molecular formula is C21H16ClF3N2O6S. The van der Waals surface area contributed by atoms with Crippen LogP contribution in [0.3, 0.4) is 0 Å². The Morgan fingerprint density at radius 1 is 1.06 bits per heavy atom. The Hall–Kier alpha value is -3.32. The van der Waals surface area contributed by atoms with Crippen LogP contribution in [0.25, 0.3) is 0 Å². The molecule has 180 valence electrons. The van der Waals surface area contributed by atoms with Gasteiger partial charge in [-0.15, -0.1) is 13.2 Å². The highest BCUT2D eigenvalue weighted by Gasteiger charge is 2.31. The van der Waals surface area contributed by atoms with Crippen molar-refractivity contribution in [3.05, 3.63) is 76.8 Å². The fraction of sp³-hybridized carbons (Fsp3) is 0.0952. The average molecular weight is 517 g/mol. The molecule has 0 fully saturated rings. The molecule has 0 unspecified atom stereocenters. The van der Waals surface area contributed by atoms with Crippen LogP contribution in [0.1, 0.15) is 15.9 Å². The van der Waals surface area contributed by atoms with Gasteiger partial charge in [0.05, 0.1) is 22.1 Å². The van der Waals surface area contributed by atoms with Crippen molar-refractivity contribution in [2.24, 2.45) is 5.14 Å². The number of aliphatic hydroxyl groups excluding tert-OH is 1. The molecule has 0 aliphatic carbocycles. The molecule has 34 heavy (non-hydrogen) atoms. The molecular weight excluding hydrogens is 501 g/mol. The maximum Gasteiger partial charge on any atom is 0.573 e. The van der Waals surface area contributed by atoms with Gasteiger partial charge in [0, 0.05) is 11.8 Å². The number of aliphatic hydroxyl groups is 1. The van der Waals surface area contributed by atoms with Gasteiger partial charge in [0.15, 0.2) is 0 Å². The second kappa shape index (κ2) is 9.89. The SMILES string of the molecule is NS(=O)(=O)c1cccc(NC(=O)c2ccc(OC(F)(F)F)cc2Oc2ccc(CO)cc2Cl)c1. The zero-order valence-corrected chi connectivity index (χ0v) is 18.5. The summed E-state index contributed by atoms with van der Waals surface area (Å²) in [4.78, 5) is 12.6. The van der Waals surface area contributed by atoms with E-state index in [9.17, 15) is 31.5 Å². The lowest BCUT2D eigenvalue weighted by Gasteiger charge is -2.15. The molecule has 0 aromatic heterocycles. The van der Waals surface area contributed by atoms with Crippen LogP contribution in [0.15, 0.2) is 65.6 Å². The molecule has 3 aromatic rings. The number of nitrogens with two attached hydrogens (primary N) is 1. The second-order valence-electron chi connectivity index (χ2n) is 6.76. The quantitative estimate of drug-likeness (QED) is 0.426. The predicted octanol–water partition coefficient (Wildman–Crippen LogP) is 4.42. The Labute approximate surface area is 196 Å². The number of nitrogens with one attached hydrogen (secondary N) is 1. The third-order valence-corrected chi connectivity index (χ3v) is 5.46. The molecule has 0 atom stereocenters. The summed E-state index contributed by atoms with van der Waals surface area (Å²) in [5.74, 6) is -1.82. The largest absolute Gasteiger partial charge is 0.573 e. The van der Waals surface area contributed by atoms with Crippen LogP contribution in [0.5, 0.6) is 17.2 Å². The van der Waals surface area contributed by atoms with Crippen molar-refractivity contribution in [2.45, 2.75) is 17.9 Å². The van der Waals surface area contributed by atoms with Gasteiger partial charge < -0.3 is 19.9 Å². The van der Waals surface area contributed by atoms with Gasteiger partial charge in [0.25, 0.3) is 5.91 Å². The number of halogens is 4. The number of benzene rings is 3. The molecule has 0 radical (unpaired) electrons. The third-order valence-electron chi connectivity index (χ3n) is 4.25. The molecule has 0 bridgehead atoms. The fourth-order valence-electron chi connectivity index (χ4n) is 2.76. The van der Waals surface area contributed by atoms with Gasteiger partial charge in [0.2, 0.25) is 10.0 Å². The maximum absolute atomic E-state index is 12.9. The van der Waals surface area contributed by atoms with Crippen LogP contribution >= 0.6 is 11.6 Å². The Bertz CT molecular complexity index is 1330. The summed E-state index contributed by atoms with van der Waals surface area (Å²) in [6.07, 6.45) is -4.99. The van der Waals surface area contributed by atoms with Crippen molar-refractivity contribution in [1.29, 1.82) is 0 Å². The minimum absolute atomic E-state index is 0.00621. The molecule has 0 spiro atoms. The molecule has 8 nitrogen and oxygen atoms in total. The van der Waals surface area contributed by atoms with E-state index in [1.54, 1.807) is 0 Å². The van der Waals surface area contributed by atoms with E-state index < -0.39 is 28.0 Å². The van der Waals surface area contributed by atoms with Crippen LogP contribution in [0.4, 0.5) is 18.9 Å². The van der Waals surface area contributed by atoms with Crippen molar-refractivity contribution in [3.63, 3.8) is 0 Å². The van der Waals surface area contributed by atoms with Crippen molar-refractivity contribution >= 4 is 33.2 Å². The Kier molecular flexibility index (Phi) is 7.36. The first kappa shape index (κ1) is 25.3. The van der Waals surface area contributed by atoms with Gasteiger partial charge in [-0.3, -0.25) is 4.79 Å². The van der Waals surface area contributed by atoms with E-state index in [1.807, 2.05) is 0 Å². The van der Waals surface area contributed by atoms with Gasteiger partial charge in [-0.25, -0.2) is 13.6 Å². The number of primary sulfonamides is 1. The van der Waals surface area contributed by atoms with E-state index in [2.05, 4.69) is 10.1 Å². The van der Waals surface area contributed by atoms with Crippen LogP contribution in [0.2, 0.25) is 5.02 Å². The lowest BCUT2D eigenvalue weighted by atomic mass is 10.1. The van der Waals surface area contributed by atoms with Gasteiger partial charge in [-0.2, -0.15) is 0 Å². The number of hydrogen-bond donors (Lipinski definition) is 3. The maximum atomic E-state index is 12.9. The molecule has 0 saturated carbocycles. The third kappa shape index (κ3) is 6.60. The number of rotatable bonds is 7. The Morgan fingerprint density at radius 3 is 2.41 bits per heavy atom. The first-order chi connectivity index (χ1) is 15.9. The van der Waals surface area contributed by atoms with E-state index in [1.165, 1.54) is 36.4 Å². The number of ether oxygens (including phenoxy) is 2. The van der Waals surface area contributed by atoms with E-state index in [-0.39, 0.29) is 39.3 Å². The summed E-state index contributed by atoms with van der Waals surface area (Å²) in [6, 6.07) is 12.1. The van der Waals surface area contributed by atoms with Crippen molar-refractivity contribution in [1.82, 2.24) is 0 Å². The average Bonchev–Trinajstić information content (AvgIpc) is 2.73. The van der Waals surface area contributed by atoms with Crippen molar-refractivity contribution in [2.75, 3.05) is 5.32 Å². The molecule has 13 heteroatoms. The highest BCUT2D eigenvalue weighted by atomic mass is 35.5. The van der Waals surface area contributed by atoms with E-state index in [4.69, 9.17) is 21.5 Å². The summed E-state index contributed by atoms with van der Waals surface area (Å²) in [6.45, 7) is -0.305. The van der Waals surface area contributed by atoms with Gasteiger partial charge in [-0.1, -0.05) is 23.7 Å². The number of amides is 1. The summed E-state index contributed by atoms with van der Waals surface area (Å²) in [5, 5.41) is 16.7. The van der Waals surface area contributed by atoms with Crippen molar-refractivity contribution < 1.29 is 41.0 Å². The number of carbonyl (C=O) groups excluding carboxylic acids is 1. The highest BCUT2D eigenvalue weighted by molar-refractivity contribution is 7.89. The summed E-state index contributed by atoms with van der Waals surface area (Å²) >= 11 is 6.11. The molecule has 0 saturated heterocycles. The van der Waals surface area contributed by atoms with Crippen LogP contribution in [-0.4, -0.2) is 25.8 Å². The van der Waals surface area contributed by atoms with Gasteiger partial charge in [-0.05, 0) is 48.0 Å². The number of hydrogen-bond acceptors (Lipinski definition) is 6. The first-order valence-electron chi connectivity index (χ1n) is 9.27. The lowest BCUT2D eigenvalue weighted by molar-refractivity contribution is -0.274. The molecule has 0 heterocycles. The summed E-state index contributed by atoms with van der Waals surface area (Å²) in [7, 11) is -4.04. The highest BCUT2D eigenvalue weighted by Crippen LogP contribution is 2.36. The normalized spacial score (nSPS) is 11.7. The summed E-state index contributed by atoms with van der Waals surface area (Å²) in [5.41, 5.74) is 0.306. The molecule has 0 aliphatic heterocycles. The molecule has 0 aliphatic rings. The minimum Gasteiger partial charge on any atom is -0.455 e. The topological polar surface area (TPSA) is 128 Å². The standard InChI is InChI=1S/C21H16ClF3N2O6S/c22-17-8-12(11-28)4-7-18(17)32-19-10-14(33-21(23,24)25)5-6-16(19)20(29)27-13-2-1-3-15(9-13)34(26,30)31/h1-10,28H,11H2,(H,27,29)(H2,26,30,31). The number of anilines is 1. The van der Waals surface area contributed by atoms with Crippen LogP contribution in [0, 0.1) is 0 Å². The van der Waals surface area contributed by atoms with E-state index in [0.717, 1.165) is 24.3 Å². The second-order valence-corrected chi connectivity index (χ2v) is 8.73. The van der Waals surface area contributed by atoms with Gasteiger partial charge >= 0.3 is 6.36 Å². The molecule has 3 rings (SSSR count). The zero-order valence-electron chi connectivity index (χ0n) is 17.0. The number of carbonyl (C=O) groups is 1. The van der Waals surface area contributed by atoms with E-state index >= 15 is 0 Å². The first-order valence-corrected chi connectivity index (χ1v) is 11.2. The molecule has 3 aromatic carbocycles. The molecule has 4 N–H and O–H groups in total. The predicted molar refractivity (Wildman–Crippen MR) is 116 cm³/mol. The Morgan fingerprint density at radius 2 is 1.79 bits per heavy atom. The smallest absolute Gasteiger partial charge is 0.455 e. The summed E-state index contributed by atoms with van der Waals surface area (Å²) < 4.78 is 70.6. The number of alkyl halides is 3. The minimum atomic E-state index is -4.99. The van der Waals surface area contributed by atoms with Crippen molar-refractivity contribution in [3.8, 4) is 17.2 Å². The van der Waals surface area contributed by atoms with Crippen LogP contribution < -0.4 is 19.9 Å². The zero-order chi connectivity index (χ0) is 25.1. The monoisotopic (exact) mass is 516 g/mol. The fourth-order valence-corrected chi connectivity index (χ4v) is 3.57. The Balaban J connectivity index is 1.98. The van der Waals surface area contributed by atoms with Gasteiger partial charge in [0.1, 0.15) is 17.2 Å². The number of sulfonamides is 1. The lowest BCUT2D eigenvalue weighted by Crippen LogP contribution is -2.18. The van der Waals surface area contributed by atoms with Crippen LogP contribution in [-0.2, 0) is 16.6 Å². The van der Waals surface area contributed by atoms with E-state index in [0.29, 0.717) is 5.56 Å². The molecule has 1 amide bonds.